The molecular weight excluding hydrogens is 332 g/mol. The van der Waals surface area contributed by atoms with E-state index in [0.717, 1.165) is 14.6 Å². The first-order chi connectivity index (χ1) is 7.64. The fourth-order valence-corrected chi connectivity index (χ4v) is 4.59. The quantitative estimate of drug-likeness (QED) is 0.844. The van der Waals surface area contributed by atoms with Gasteiger partial charge in [0.05, 0.1) is 11.2 Å². The first-order valence-electron chi connectivity index (χ1n) is 5.74. The molecular formula is C12H14Br2N2. The highest BCUT2D eigenvalue weighted by Gasteiger charge is 2.64. The fraction of sp³-hybridized carbons (Fsp3) is 0.583. The van der Waals surface area contributed by atoms with Crippen LogP contribution in [0.25, 0.3) is 0 Å². The zero-order valence-electron chi connectivity index (χ0n) is 8.92. The molecule has 2 saturated carbocycles. The Morgan fingerprint density at radius 2 is 1.88 bits per heavy atom. The predicted molar refractivity (Wildman–Crippen MR) is 71.0 cm³/mol. The smallest absolute Gasteiger partial charge is 0.0750 e. The first-order valence-corrected chi connectivity index (χ1v) is 7.33. The molecule has 1 aromatic heterocycles. The summed E-state index contributed by atoms with van der Waals surface area (Å²) in [5, 5.41) is 0. The highest BCUT2D eigenvalue weighted by atomic mass is 79.9. The summed E-state index contributed by atoms with van der Waals surface area (Å²) in [5.41, 5.74) is 7.45. The lowest BCUT2D eigenvalue weighted by Gasteiger charge is -2.13. The van der Waals surface area contributed by atoms with Gasteiger partial charge in [-0.2, -0.15) is 0 Å². The number of fused-ring (bicyclic) bond motifs is 1. The molecule has 1 heterocycles. The Hall–Kier alpha value is 0.0700. The van der Waals surface area contributed by atoms with Gasteiger partial charge in [0, 0.05) is 15.1 Å². The van der Waals surface area contributed by atoms with Gasteiger partial charge in [-0.05, 0) is 62.6 Å². The Morgan fingerprint density at radius 3 is 2.44 bits per heavy atom. The third-order valence-corrected chi connectivity index (χ3v) is 5.14. The molecule has 0 aliphatic heterocycles. The molecule has 2 aliphatic carbocycles. The third kappa shape index (κ3) is 1.50. The van der Waals surface area contributed by atoms with Crippen molar-refractivity contribution < 1.29 is 0 Å². The van der Waals surface area contributed by atoms with Crippen LogP contribution in [0.1, 0.15) is 31.4 Å². The van der Waals surface area contributed by atoms with Gasteiger partial charge in [0.15, 0.2) is 0 Å². The van der Waals surface area contributed by atoms with Crippen molar-refractivity contribution >= 4 is 31.9 Å². The lowest BCUT2D eigenvalue weighted by Crippen LogP contribution is -2.25. The van der Waals surface area contributed by atoms with Crippen LogP contribution in [-0.2, 0) is 5.54 Å². The van der Waals surface area contributed by atoms with Crippen LogP contribution >= 0.6 is 31.9 Å². The molecule has 2 atom stereocenters. The van der Waals surface area contributed by atoms with Crippen molar-refractivity contribution in [2.45, 2.75) is 31.2 Å². The molecule has 2 fully saturated rings. The molecule has 4 heteroatoms. The van der Waals surface area contributed by atoms with Crippen molar-refractivity contribution in [1.82, 2.24) is 4.98 Å². The van der Waals surface area contributed by atoms with Gasteiger partial charge >= 0.3 is 0 Å². The second-order valence-electron chi connectivity index (χ2n) is 4.91. The molecule has 3 rings (SSSR count). The van der Waals surface area contributed by atoms with Gasteiger partial charge in [-0.1, -0.05) is 12.8 Å². The van der Waals surface area contributed by atoms with E-state index in [4.69, 9.17) is 5.73 Å². The third-order valence-electron chi connectivity index (χ3n) is 4.10. The van der Waals surface area contributed by atoms with Crippen LogP contribution in [0, 0.1) is 11.8 Å². The van der Waals surface area contributed by atoms with Crippen LogP contribution in [0.2, 0.25) is 0 Å². The van der Waals surface area contributed by atoms with E-state index >= 15 is 0 Å². The Balaban J connectivity index is 1.98. The van der Waals surface area contributed by atoms with E-state index in [1.165, 1.54) is 25.7 Å². The lowest BCUT2D eigenvalue weighted by molar-refractivity contribution is 0.480. The maximum Gasteiger partial charge on any atom is 0.0750 e. The number of aromatic nitrogens is 1. The average Bonchev–Trinajstić information content (AvgIpc) is 2.86. The Morgan fingerprint density at radius 1 is 1.25 bits per heavy atom. The second kappa shape index (κ2) is 3.79. The molecule has 0 radical (unpaired) electrons. The van der Waals surface area contributed by atoms with E-state index in [1.54, 1.807) is 0 Å². The Kier molecular flexibility index (Phi) is 2.64. The average molecular weight is 346 g/mol. The largest absolute Gasteiger partial charge is 0.320 e. The van der Waals surface area contributed by atoms with Crippen LogP contribution < -0.4 is 5.73 Å². The minimum atomic E-state index is -0.157. The molecule has 16 heavy (non-hydrogen) atoms. The standard InChI is InChI=1S/C12H14Br2N2/c13-7-5-10(14)11(16-6-7)12(15)8-3-1-2-4-9(8)12/h5-6,8-9H,1-4,15H2. The van der Waals surface area contributed by atoms with Crippen LogP contribution in [0.4, 0.5) is 0 Å². The van der Waals surface area contributed by atoms with Crippen molar-refractivity contribution in [3.63, 3.8) is 0 Å². The highest BCUT2D eigenvalue weighted by Crippen LogP contribution is 2.63. The molecule has 2 aliphatic rings. The maximum atomic E-state index is 6.56. The van der Waals surface area contributed by atoms with Crippen LogP contribution in [0.15, 0.2) is 21.2 Å². The number of nitrogens with two attached hydrogens (primary N) is 1. The summed E-state index contributed by atoms with van der Waals surface area (Å²) in [6.45, 7) is 0. The van der Waals surface area contributed by atoms with Gasteiger partial charge < -0.3 is 5.73 Å². The zero-order chi connectivity index (χ0) is 11.3. The van der Waals surface area contributed by atoms with E-state index in [9.17, 15) is 0 Å². The number of halogens is 2. The minimum absolute atomic E-state index is 0.157. The summed E-state index contributed by atoms with van der Waals surface area (Å²) in [6, 6.07) is 2.04. The van der Waals surface area contributed by atoms with E-state index in [-0.39, 0.29) is 5.54 Å². The summed E-state index contributed by atoms with van der Waals surface area (Å²) in [7, 11) is 0. The normalized spacial score (nSPS) is 36.9. The van der Waals surface area contributed by atoms with Crippen LogP contribution in [0.5, 0.6) is 0 Å². The van der Waals surface area contributed by atoms with E-state index in [1.807, 2.05) is 12.3 Å². The van der Waals surface area contributed by atoms with Gasteiger partial charge in [-0.3, -0.25) is 4.98 Å². The van der Waals surface area contributed by atoms with Crippen molar-refractivity contribution in [3.8, 4) is 0 Å². The molecule has 2 nitrogen and oxygen atoms in total. The number of hydrogen-bond acceptors (Lipinski definition) is 2. The predicted octanol–water partition coefficient (Wildman–Crippen LogP) is 3.58. The molecule has 0 bridgehead atoms. The van der Waals surface area contributed by atoms with Crippen molar-refractivity contribution in [1.29, 1.82) is 0 Å². The summed E-state index contributed by atoms with van der Waals surface area (Å²) in [6.07, 6.45) is 7.04. The van der Waals surface area contributed by atoms with E-state index < -0.39 is 0 Å². The van der Waals surface area contributed by atoms with E-state index in [2.05, 4.69) is 36.8 Å². The molecule has 0 amide bonds. The molecule has 86 valence electrons. The molecule has 0 saturated heterocycles. The number of hydrogen-bond donors (Lipinski definition) is 1. The zero-order valence-corrected chi connectivity index (χ0v) is 12.1. The Labute approximate surface area is 112 Å². The first kappa shape index (κ1) is 11.2. The van der Waals surface area contributed by atoms with Gasteiger partial charge in [0.1, 0.15) is 0 Å². The van der Waals surface area contributed by atoms with E-state index in [0.29, 0.717) is 11.8 Å². The highest BCUT2D eigenvalue weighted by molar-refractivity contribution is 9.11. The summed E-state index contributed by atoms with van der Waals surface area (Å²) < 4.78 is 2.04. The van der Waals surface area contributed by atoms with Crippen LogP contribution in [0.3, 0.4) is 0 Å². The van der Waals surface area contributed by atoms with Crippen molar-refractivity contribution in [2.75, 3.05) is 0 Å². The summed E-state index contributed by atoms with van der Waals surface area (Å²) in [5.74, 6) is 1.32. The topological polar surface area (TPSA) is 38.9 Å². The van der Waals surface area contributed by atoms with Gasteiger partial charge in [0.2, 0.25) is 0 Å². The Bertz CT molecular complexity index is 421. The lowest BCUT2D eigenvalue weighted by atomic mass is 10.0. The molecule has 1 aromatic rings. The molecule has 0 spiro atoms. The van der Waals surface area contributed by atoms with Crippen LogP contribution in [-0.4, -0.2) is 4.98 Å². The number of nitrogens with zero attached hydrogens (tertiary/aromatic N) is 1. The van der Waals surface area contributed by atoms with Gasteiger partial charge in [-0.25, -0.2) is 0 Å². The van der Waals surface area contributed by atoms with Crippen molar-refractivity contribution in [2.24, 2.45) is 17.6 Å². The van der Waals surface area contributed by atoms with Crippen molar-refractivity contribution in [3.05, 3.63) is 26.9 Å². The summed E-state index contributed by atoms with van der Waals surface area (Å²) in [4.78, 5) is 4.52. The molecule has 2 N–H and O–H groups in total. The SMILES string of the molecule is NC1(c2ncc(Br)cc2Br)C2CCCCC21. The maximum absolute atomic E-state index is 6.56. The number of pyridine rings is 1. The molecule has 2 unspecified atom stereocenters. The second-order valence-corrected chi connectivity index (χ2v) is 6.68. The molecule has 0 aromatic carbocycles. The fourth-order valence-electron chi connectivity index (χ4n) is 3.26. The minimum Gasteiger partial charge on any atom is -0.320 e. The summed E-state index contributed by atoms with van der Waals surface area (Å²) >= 11 is 7.01. The van der Waals surface area contributed by atoms with Gasteiger partial charge in [0.25, 0.3) is 0 Å². The van der Waals surface area contributed by atoms with Gasteiger partial charge in [-0.15, -0.1) is 0 Å². The number of rotatable bonds is 1. The monoisotopic (exact) mass is 344 g/mol.